The van der Waals surface area contributed by atoms with Crippen LogP contribution in [0.15, 0.2) is 54.6 Å². The maximum atomic E-state index is 12.9. The number of carbonyl (C=O) groups excluding carboxylic acids is 2. The van der Waals surface area contributed by atoms with Crippen molar-refractivity contribution >= 4 is 33.4 Å². The largest absolute Gasteiger partial charge is 0.426 e. The van der Waals surface area contributed by atoms with Crippen molar-refractivity contribution in [1.82, 2.24) is 4.90 Å². The van der Waals surface area contributed by atoms with E-state index >= 15 is 0 Å². The zero-order valence-electron chi connectivity index (χ0n) is 21.5. The Bertz CT molecular complexity index is 1180. The smallest absolute Gasteiger partial charge is 0.311 e. The van der Waals surface area contributed by atoms with Gasteiger partial charge in [0.25, 0.3) is 0 Å². The van der Waals surface area contributed by atoms with Crippen LogP contribution in [0.5, 0.6) is 5.75 Å². The van der Waals surface area contributed by atoms with Gasteiger partial charge in [-0.05, 0) is 80.6 Å². The second kappa shape index (κ2) is 11.2. The molecule has 0 heterocycles. The summed E-state index contributed by atoms with van der Waals surface area (Å²) < 4.78 is 5.60. The van der Waals surface area contributed by atoms with E-state index < -0.39 is 5.97 Å². The molecule has 6 heteroatoms. The maximum absolute atomic E-state index is 12.9. The van der Waals surface area contributed by atoms with Gasteiger partial charge in [-0.3, -0.25) is 9.59 Å². The molecule has 0 spiro atoms. The Morgan fingerprint density at radius 1 is 0.800 bits per heavy atom. The molecule has 3 aromatic carbocycles. The van der Waals surface area contributed by atoms with Crippen LogP contribution in [0.25, 0.3) is 21.5 Å². The molecule has 0 aliphatic carbocycles. The van der Waals surface area contributed by atoms with Crippen LogP contribution in [0, 0.1) is 0 Å². The van der Waals surface area contributed by atoms with E-state index in [0.29, 0.717) is 25.3 Å². The number of esters is 1. The zero-order valence-corrected chi connectivity index (χ0v) is 21.5. The minimum atomic E-state index is -0.417. The summed E-state index contributed by atoms with van der Waals surface area (Å²) in [5.74, 6) is 0.00360. The number of ether oxygens (including phenoxy) is 1. The van der Waals surface area contributed by atoms with Gasteiger partial charge >= 0.3 is 5.97 Å². The third kappa shape index (κ3) is 8.34. The summed E-state index contributed by atoms with van der Waals surface area (Å²) in [5, 5.41) is 4.35. The topological polar surface area (TPSA) is 98.6 Å². The van der Waals surface area contributed by atoms with E-state index in [0.717, 1.165) is 34.4 Å². The molecule has 3 rings (SSSR count). The lowest BCUT2D eigenvalue weighted by Crippen LogP contribution is -2.41. The number of nitrogens with two attached hydrogens (primary N) is 2. The molecule has 3 aromatic rings. The summed E-state index contributed by atoms with van der Waals surface area (Å²) in [6.45, 7) is 9.01. The Labute approximate surface area is 208 Å². The Kier molecular flexibility index (Phi) is 8.51. The van der Waals surface area contributed by atoms with Crippen molar-refractivity contribution in [2.45, 2.75) is 70.9 Å². The highest BCUT2D eigenvalue weighted by molar-refractivity contribution is 6.08. The van der Waals surface area contributed by atoms with Crippen molar-refractivity contribution in [2.75, 3.05) is 13.1 Å². The summed E-state index contributed by atoms with van der Waals surface area (Å²) in [6.07, 6.45) is 2.42. The average molecular weight is 478 g/mol. The molecule has 0 saturated carbocycles. The predicted octanol–water partition coefficient (Wildman–Crippen LogP) is 5.15. The Balaban J connectivity index is 1.61. The van der Waals surface area contributed by atoms with Gasteiger partial charge in [-0.15, -0.1) is 0 Å². The van der Waals surface area contributed by atoms with E-state index in [9.17, 15) is 9.59 Å². The van der Waals surface area contributed by atoms with Crippen LogP contribution >= 0.6 is 0 Å². The van der Waals surface area contributed by atoms with Crippen molar-refractivity contribution in [1.29, 1.82) is 0 Å². The van der Waals surface area contributed by atoms with Crippen LogP contribution in [0.1, 0.15) is 59.8 Å². The predicted molar refractivity (Wildman–Crippen MR) is 143 cm³/mol. The van der Waals surface area contributed by atoms with Crippen molar-refractivity contribution < 1.29 is 14.3 Å². The normalized spacial score (nSPS) is 12.2. The monoisotopic (exact) mass is 477 g/mol. The molecule has 4 N–H and O–H groups in total. The second-order valence-electron chi connectivity index (χ2n) is 10.9. The van der Waals surface area contributed by atoms with Crippen LogP contribution in [-0.4, -0.2) is 40.9 Å². The maximum Gasteiger partial charge on any atom is 0.311 e. The molecule has 0 aliphatic rings. The Morgan fingerprint density at radius 2 is 1.43 bits per heavy atom. The Hall–Kier alpha value is -2.96. The molecule has 0 saturated heterocycles. The molecule has 0 unspecified atom stereocenters. The molecule has 188 valence electrons. The fourth-order valence-corrected chi connectivity index (χ4v) is 4.10. The van der Waals surface area contributed by atoms with Crippen LogP contribution in [0.4, 0.5) is 0 Å². The van der Waals surface area contributed by atoms with Gasteiger partial charge in [-0.2, -0.15) is 0 Å². The van der Waals surface area contributed by atoms with Crippen molar-refractivity contribution in [3.05, 3.63) is 54.6 Å². The van der Waals surface area contributed by atoms with E-state index in [1.165, 1.54) is 0 Å². The molecule has 0 aromatic heterocycles. The van der Waals surface area contributed by atoms with Gasteiger partial charge < -0.3 is 21.1 Å². The number of fused-ring (bicyclic) bond motifs is 3. The van der Waals surface area contributed by atoms with Crippen molar-refractivity contribution in [2.24, 2.45) is 11.5 Å². The van der Waals surface area contributed by atoms with Crippen LogP contribution in [0.3, 0.4) is 0 Å². The third-order valence-corrected chi connectivity index (χ3v) is 6.12. The summed E-state index contributed by atoms with van der Waals surface area (Å²) in [4.78, 5) is 27.3. The SMILES string of the molecule is CC(C)(N)CCCN(CCC(C)(C)N)C(=O)CCC(=O)Oc1ccc2ccc3ccccc3c2c1. The molecular weight excluding hydrogens is 438 g/mol. The first kappa shape index (κ1) is 26.6. The number of carbonyl (C=O) groups is 2. The molecule has 6 nitrogen and oxygen atoms in total. The molecular formula is C29H39N3O3. The van der Waals surface area contributed by atoms with Gasteiger partial charge in [-0.1, -0.05) is 42.5 Å². The zero-order chi connectivity index (χ0) is 25.6. The summed E-state index contributed by atoms with van der Waals surface area (Å²) in [7, 11) is 0. The van der Waals surface area contributed by atoms with E-state index in [1.54, 1.807) is 11.0 Å². The minimum absolute atomic E-state index is 0.0251. The number of hydrogen-bond acceptors (Lipinski definition) is 5. The van der Waals surface area contributed by atoms with Crippen molar-refractivity contribution in [3.8, 4) is 5.75 Å². The number of nitrogens with zero attached hydrogens (tertiary/aromatic N) is 1. The van der Waals surface area contributed by atoms with E-state index in [2.05, 4.69) is 24.3 Å². The van der Waals surface area contributed by atoms with Gasteiger partial charge in [0.1, 0.15) is 5.75 Å². The average Bonchev–Trinajstić information content (AvgIpc) is 2.78. The third-order valence-electron chi connectivity index (χ3n) is 6.12. The number of amides is 1. The lowest BCUT2D eigenvalue weighted by atomic mass is 9.99. The lowest BCUT2D eigenvalue weighted by Gasteiger charge is -2.28. The van der Waals surface area contributed by atoms with E-state index in [-0.39, 0.29) is 29.8 Å². The molecule has 0 fully saturated rings. The fourth-order valence-electron chi connectivity index (χ4n) is 4.10. The van der Waals surface area contributed by atoms with Crippen LogP contribution < -0.4 is 16.2 Å². The van der Waals surface area contributed by atoms with Crippen LogP contribution in [0.2, 0.25) is 0 Å². The second-order valence-corrected chi connectivity index (χ2v) is 10.9. The van der Waals surface area contributed by atoms with Gasteiger partial charge in [0.05, 0.1) is 6.42 Å². The first-order chi connectivity index (χ1) is 16.4. The Morgan fingerprint density at radius 3 is 2.11 bits per heavy atom. The highest BCUT2D eigenvalue weighted by atomic mass is 16.5. The molecule has 1 amide bonds. The lowest BCUT2D eigenvalue weighted by molar-refractivity contribution is -0.139. The van der Waals surface area contributed by atoms with Crippen molar-refractivity contribution in [3.63, 3.8) is 0 Å². The minimum Gasteiger partial charge on any atom is -0.426 e. The summed E-state index contributed by atoms with van der Waals surface area (Å²) >= 11 is 0. The van der Waals surface area contributed by atoms with Crippen LogP contribution in [-0.2, 0) is 9.59 Å². The number of hydrogen-bond donors (Lipinski definition) is 2. The first-order valence-corrected chi connectivity index (χ1v) is 12.4. The van der Waals surface area contributed by atoms with Gasteiger partial charge in [0.15, 0.2) is 0 Å². The fraction of sp³-hybridized carbons (Fsp3) is 0.448. The van der Waals surface area contributed by atoms with E-state index in [4.69, 9.17) is 16.2 Å². The standard InChI is InChI=1S/C29H39N3O3/c1-28(2,30)16-7-18-32(19-17-29(3,4)31)26(33)14-15-27(34)35-23-13-12-22-11-10-21-8-5-6-9-24(21)25(22)20-23/h5-6,8-13,20H,7,14-19,30-31H2,1-4H3. The molecule has 0 radical (unpaired) electrons. The number of benzene rings is 3. The molecule has 0 aliphatic heterocycles. The molecule has 0 atom stereocenters. The highest BCUT2D eigenvalue weighted by Gasteiger charge is 2.20. The quantitative estimate of drug-likeness (QED) is 0.226. The first-order valence-electron chi connectivity index (χ1n) is 12.4. The number of rotatable bonds is 11. The summed E-state index contributed by atoms with van der Waals surface area (Å²) in [6, 6.07) is 17.9. The van der Waals surface area contributed by atoms with Gasteiger partial charge in [-0.25, -0.2) is 0 Å². The van der Waals surface area contributed by atoms with E-state index in [1.807, 2.05) is 52.0 Å². The van der Waals surface area contributed by atoms with Gasteiger partial charge in [0, 0.05) is 30.6 Å². The highest BCUT2D eigenvalue weighted by Crippen LogP contribution is 2.28. The molecule has 0 bridgehead atoms. The molecule has 35 heavy (non-hydrogen) atoms. The summed E-state index contributed by atoms with van der Waals surface area (Å²) in [5.41, 5.74) is 11.6. The van der Waals surface area contributed by atoms with Gasteiger partial charge in [0.2, 0.25) is 5.91 Å².